The molecule has 0 saturated carbocycles. The van der Waals surface area contributed by atoms with Crippen LogP contribution in [0.1, 0.15) is 33.1 Å². The molecule has 2 atom stereocenters. The maximum absolute atomic E-state index is 11.8. The van der Waals surface area contributed by atoms with Crippen molar-refractivity contribution < 1.29 is 9.59 Å². The quantitative estimate of drug-likeness (QED) is 0.692. The molecule has 1 fully saturated rings. The van der Waals surface area contributed by atoms with Gasteiger partial charge in [-0.05, 0) is 19.8 Å². The summed E-state index contributed by atoms with van der Waals surface area (Å²) >= 11 is 0. The average molecular weight is 241 g/mol. The third-order valence-corrected chi connectivity index (χ3v) is 3.20. The van der Waals surface area contributed by atoms with E-state index in [1.807, 2.05) is 18.7 Å². The SMILES string of the molecule is CCC(CN)C(=O)NC(C)CN1CCCC1=O. The van der Waals surface area contributed by atoms with E-state index < -0.39 is 0 Å². The zero-order valence-corrected chi connectivity index (χ0v) is 10.7. The van der Waals surface area contributed by atoms with E-state index in [9.17, 15) is 9.59 Å². The van der Waals surface area contributed by atoms with Crippen molar-refractivity contribution in [1.29, 1.82) is 0 Å². The first-order valence-electron chi connectivity index (χ1n) is 6.36. The Kier molecular flexibility index (Phi) is 5.41. The van der Waals surface area contributed by atoms with Crippen LogP contribution in [0.15, 0.2) is 0 Å². The van der Waals surface area contributed by atoms with Gasteiger partial charge in [-0.1, -0.05) is 6.92 Å². The molecule has 0 aromatic rings. The number of rotatable bonds is 6. The van der Waals surface area contributed by atoms with Gasteiger partial charge in [-0.25, -0.2) is 0 Å². The molecule has 0 aliphatic carbocycles. The lowest BCUT2D eigenvalue weighted by molar-refractivity contribution is -0.129. The second-order valence-corrected chi connectivity index (χ2v) is 4.69. The summed E-state index contributed by atoms with van der Waals surface area (Å²) in [6, 6.07) is -0.00912. The van der Waals surface area contributed by atoms with Gasteiger partial charge in [-0.15, -0.1) is 0 Å². The monoisotopic (exact) mass is 241 g/mol. The van der Waals surface area contributed by atoms with Crippen molar-refractivity contribution in [2.24, 2.45) is 11.7 Å². The first-order valence-corrected chi connectivity index (χ1v) is 6.36. The smallest absolute Gasteiger partial charge is 0.224 e. The first-order chi connectivity index (χ1) is 8.08. The number of amides is 2. The Bertz CT molecular complexity index is 277. The van der Waals surface area contributed by atoms with E-state index in [0.29, 0.717) is 19.5 Å². The van der Waals surface area contributed by atoms with Crippen LogP contribution in [-0.4, -0.2) is 42.4 Å². The molecule has 0 aromatic heterocycles. The molecule has 1 heterocycles. The van der Waals surface area contributed by atoms with Gasteiger partial charge in [0.1, 0.15) is 0 Å². The second-order valence-electron chi connectivity index (χ2n) is 4.69. The third-order valence-electron chi connectivity index (χ3n) is 3.20. The molecule has 0 aromatic carbocycles. The predicted molar refractivity (Wildman–Crippen MR) is 66.3 cm³/mol. The highest BCUT2D eigenvalue weighted by Gasteiger charge is 2.23. The maximum Gasteiger partial charge on any atom is 0.224 e. The second kappa shape index (κ2) is 6.59. The molecule has 98 valence electrons. The van der Waals surface area contributed by atoms with Gasteiger partial charge in [0.05, 0.1) is 0 Å². The van der Waals surface area contributed by atoms with Gasteiger partial charge in [0.15, 0.2) is 0 Å². The van der Waals surface area contributed by atoms with Crippen LogP contribution in [0, 0.1) is 5.92 Å². The fraction of sp³-hybridized carbons (Fsp3) is 0.833. The van der Waals surface area contributed by atoms with Gasteiger partial charge in [0, 0.05) is 38.0 Å². The number of carbonyl (C=O) groups excluding carboxylic acids is 2. The molecular formula is C12H23N3O2. The zero-order valence-electron chi connectivity index (χ0n) is 10.7. The van der Waals surface area contributed by atoms with E-state index in [4.69, 9.17) is 5.73 Å². The lowest BCUT2D eigenvalue weighted by Crippen LogP contribution is -2.45. The first kappa shape index (κ1) is 14.0. The lowest BCUT2D eigenvalue weighted by Gasteiger charge is -2.23. The molecule has 3 N–H and O–H groups in total. The van der Waals surface area contributed by atoms with Gasteiger partial charge in [0.25, 0.3) is 0 Å². The standard InChI is InChI=1S/C12H23N3O2/c1-3-10(7-13)12(17)14-9(2)8-15-6-4-5-11(15)16/h9-10H,3-8,13H2,1-2H3,(H,14,17). The number of hydrogen-bond donors (Lipinski definition) is 2. The topological polar surface area (TPSA) is 75.4 Å². The van der Waals surface area contributed by atoms with Crippen LogP contribution < -0.4 is 11.1 Å². The normalized spacial score (nSPS) is 19.2. The van der Waals surface area contributed by atoms with E-state index in [1.165, 1.54) is 0 Å². The van der Waals surface area contributed by atoms with E-state index in [2.05, 4.69) is 5.32 Å². The van der Waals surface area contributed by atoms with Crippen molar-refractivity contribution >= 4 is 11.8 Å². The molecule has 0 bridgehead atoms. The van der Waals surface area contributed by atoms with Crippen LogP contribution in [0.5, 0.6) is 0 Å². The van der Waals surface area contributed by atoms with Crippen LogP contribution in [-0.2, 0) is 9.59 Å². The summed E-state index contributed by atoms with van der Waals surface area (Å²) in [6.45, 7) is 5.66. The van der Waals surface area contributed by atoms with E-state index in [1.54, 1.807) is 0 Å². The minimum absolute atomic E-state index is 0.00542. The summed E-state index contributed by atoms with van der Waals surface area (Å²) in [5.74, 6) is 0.0674. The summed E-state index contributed by atoms with van der Waals surface area (Å²) in [5.41, 5.74) is 5.52. The Labute approximate surface area is 103 Å². The lowest BCUT2D eigenvalue weighted by atomic mass is 10.1. The summed E-state index contributed by atoms with van der Waals surface area (Å²) in [6.07, 6.45) is 2.32. The highest BCUT2D eigenvalue weighted by atomic mass is 16.2. The summed E-state index contributed by atoms with van der Waals surface area (Å²) in [4.78, 5) is 25.0. The number of nitrogens with two attached hydrogens (primary N) is 1. The highest BCUT2D eigenvalue weighted by Crippen LogP contribution is 2.10. The van der Waals surface area contributed by atoms with Crippen LogP contribution >= 0.6 is 0 Å². The van der Waals surface area contributed by atoms with E-state index >= 15 is 0 Å². The minimum Gasteiger partial charge on any atom is -0.352 e. The van der Waals surface area contributed by atoms with E-state index in [0.717, 1.165) is 19.4 Å². The van der Waals surface area contributed by atoms with Crippen LogP contribution in [0.4, 0.5) is 0 Å². The molecular weight excluding hydrogens is 218 g/mol. The maximum atomic E-state index is 11.8. The molecule has 1 rings (SSSR count). The van der Waals surface area contributed by atoms with Gasteiger partial charge in [0.2, 0.25) is 11.8 Å². The third kappa shape index (κ3) is 4.00. The summed E-state index contributed by atoms with van der Waals surface area (Å²) in [7, 11) is 0. The molecule has 1 aliphatic heterocycles. The summed E-state index contributed by atoms with van der Waals surface area (Å²) < 4.78 is 0. The van der Waals surface area contributed by atoms with Crippen LogP contribution in [0.3, 0.4) is 0 Å². The Morgan fingerprint density at radius 3 is 2.76 bits per heavy atom. The Morgan fingerprint density at radius 2 is 2.29 bits per heavy atom. The number of carbonyl (C=O) groups is 2. The predicted octanol–water partition coefficient (Wildman–Crippen LogP) is 0.0984. The Hall–Kier alpha value is -1.10. The molecule has 2 unspecified atom stereocenters. The van der Waals surface area contributed by atoms with Gasteiger partial charge >= 0.3 is 0 Å². The van der Waals surface area contributed by atoms with Crippen molar-refractivity contribution in [3.05, 3.63) is 0 Å². The van der Waals surface area contributed by atoms with Gasteiger partial charge < -0.3 is 16.0 Å². The van der Waals surface area contributed by atoms with Crippen molar-refractivity contribution in [2.75, 3.05) is 19.6 Å². The van der Waals surface area contributed by atoms with Crippen LogP contribution in [0.25, 0.3) is 0 Å². The Morgan fingerprint density at radius 1 is 1.59 bits per heavy atom. The summed E-state index contributed by atoms with van der Waals surface area (Å²) in [5, 5.41) is 2.92. The number of likely N-dealkylation sites (tertiary alicyclic amines) is 1. The minimum atomic E-state index is -0.119. The molecule has 17 heavy (non-hydrogen) atoms. The van der Waals surface area contributed by atoms with Crippen molar-refractivity contribution in [3.8, 4) is 0 Å². The van der Waals surface area contributed by atoms with E-state index in [-0.39, 0.29) is 23.8 Å². The Balaban J connectivity index is 2.35. The number of hydrogen-bond acceptors (Lipinski definition) is 3. The molecule has 5 nitrogen and oxygen atoms in total. The van der Waals surface area contributed by atoms with Gasteiger partial charge in [-0.2, -0.15) is 0 Å². The molecule has 1 aliphatic rings. The molecule has 1 saturated heterocycles. The molecule has 0 spiro atoms. The van der Waals surface area contributed by atoms with Crippen molar-refractivity contribution in [1.82, 2.24) is 10.2 Å². The number of nitrogens with one attached hydrogen (secondary N) is 1. The zero-order chi connectivity index (χ0) is 12.8. The fourth-order valence-electron chi connectivity index (χ4n) is 2.09. The van der Waals surface area contributed by atoms with Crippen LogP contribution in [0.2, 0.25) is 0 Å². The van der Waals surface area contributed by atoms with Crippen molar-refractivity contribution in [2.45, 2.75) is 39.2 Å². The number of nitrogens with zero attached hydrogens (tertiary/aromatic N) is 1. The van der Waals surface area contributed by atoms with Crippen molar-refractivity contribution in [3.63, 3.8) is 0 Å². The average Bonchev–Trinajstić information content (AvgIpc) is 2.66. The highest BCUT2D eigenvalue weighted by molar-refractivity contribution is 5.80. The van der Waals surface area contributed by atoms with Gasteiger partial charge in [-0.3, -0.25) is 9.59 Å². The largest absolute Gasteiger partial charge is 0.352 e. The molecule has 5 heteroatoms. The molecule has 2 amide bonds. The fourth-order valence-corrected chi connectivity index (χ4v) is 2.09. The molecule has 0 radical (unpaired) electrons.